The number of nitrogens with zero attached hydrogens (tertiary/aromatic N) is 2. The van der Waals surface area contributed by atoms with Gasteiger partial charge < -0.3 is 4.74 Å². The highest BCUT2D eigenvalue weighted by molar-refractivity contribution is 7.88. The van der Waals surface area contributed by atoms with E-state index in [0.29, 0.717) is 18.6 Å². The Hall–Kier alpha value is -3.04. The van der Waals surface area contributed by atoms with Gasteiger partial charge in [-0.3, -0.25) is 9.59 Å². The molecule has 0 atom stereocenters. The van der Waals surface area contributed by atoms with E-state index in [0.717, 1.165) is 17.4 Å². The van der Waals surface area contributed by atoms with Crippen LogP contribution in [0.3, 0.4) is 0 Å². The minimum atomic E-state index is -3.26. The first-order chi connectivity index (χ1) is 14.8. The fourth-order valence-corrected chi connectivity index (χ4v) is 4.19. The Morgan fingerprint density at radius 1 is 1.00 bits per heavy atom. The highest BCUT2D eigenvalue weighted by atomic mass is 32.2. The zero-order chi connectivity index (χ0) is 22.3. The molecule has 0 radical (unpaired) electrons. The summed E-state index contributed by atoms with van der Waals surface area (Å²) in [7, 11) is -3.26. The molecule has 164 valence electrons. The van der Waals surface area contributed by atoms with Gasteiger partial charge in [0.25, 0.3) is 5.91 Å². The molecule has 1 amide bonds. The van der Waals surface area contributed by atoms with Crippen LogP contribution in [0.15, 0.2) is 65.8 Å². The lowest BCUT2D eigenvalue weighted by Crippen LogP contribution is -2.40. The monoisotopic (exact) mass is 443 g/mol. The van der Waals surface area contributed by atoms with E-state index in [9.17, 15) is 18.0 Å². The van der Waals surface area contributed by atoms with Crippen molar-refractivity contribution in [3.8, 4) is 0 Å². The topological polar surface area (TPSA) is 105 Å². The molecule has 0 aliphatic carbocycles. The van der Waals surface area contributed by atoms with Crippen molar-refractivity contribution in [2.75, 3.05) is 26.0 Å². The number of benzene rings is 2. The summed E-state index contributed by atoms with van der Waals surface area (Å²) >= 11 is 0. The number of ether oxygens (including phenoxy) is 1. The van der Waals surface area contributed by atoms with E-state index in [1.807, 2.05) is 60.7 Å². The number of hydrogen-bond donors (Lipinski definition) is 1. The quantitative estimate of drug-likeness (QED) is 0.399. The van der Waals surface area contributed by atoms with Crippen molar-refractivity contribution in [1.29, 1.82) is 0 Å². The molecule has 1 heterocycles. The average Bonchev–Trinajstić information content (AvgIpc) is 2.78. The predicted octanol–water partition coefficient (Wildman–Crippen LogP) is 1.77. The lowest BCUT2D eigenvalue weighted by molar-refractivity contribution is -0.153. The van der Waals surface area contributed by atoms with Crippen LogP contribution in [0.25, 0.3) is 0 Å². The van der Waals surface area contributed by atoms with E-state index in [2.05, 4.69) is 10.5 Å². The summed E-state index contributed by atoms with van der Waals surface area (Å²) in [6.07, 6.45) is 1.89. The van der Waals surface area contributed by atoms with Crippen LogP contribution < -0.4 is 5.43 Å². The van der Waals surface area contributed by atoms with E-state index in [-0.39, 0.29) is 13.1 Å². The Morgan fingerprint density at radius 2 is 1.52 bits per heavy atom. The Kier molecular flexibility index (Phi) is 7.54. The molecule has 0 aromatic heterocycles. The van der Waals surface area contributed by atoms with E-state index in [1.54, 1.807) is 0 Å². The fourth-order valence-electron chi connectivity index (χ4n) is 3.32. The summed E-state index contributed by atoms with van der Waals surface area (Å²) in [6, 6.07) is 18.9. The van der Waals surface area contributed by atoms with Crippen molar-refractivity contribution in [2.45, 2.75) is 12.8 Å². The second kappa shape index (κ2) is 10.3. The molecular weight excluding hydrogens is 418 g/mol. The van der Waals surface area contributed by atoms with Crippen molar-refractivity contribution >= 4 is 27.6 Å². The first-order valence-electron chi connectivity index (χ1n) is 9.93. The summed E-state index contributed by atoms with van der Waals surface area (Å²) < 4.78 is 29.6. The number of amides is 1. The summed E-state index contributed by atoms with van der Waals surface area (Å²) in [4.78, 5) is 24.4. The molecule has 1 N–H and O–H groups in total. The second-order valence-corrected chi connectivity index (χ2v) is 9.25. The first kappa shape index (κ1) is 22.6. The van der Waals surface area contributed by atoms with Gasteiger partial charge in [0.05, 0.1) is 17.9 Å². The zero-order valence-corrected chi connectivity index (χ0v) is 18.0. The van der Waals surface area contributed by atoms with Gasteiger partial charge in [-0.15, -0.1) is 0 Å². The molecule has 8 nitrogen and oxygen atoms in total. The SMILES string of the molecule is CS(=O)(=O)N1CCC(C(=O)OCC(=O)NN=C(c2ccccc2)c2ccccc2)CC1. The van der Waals surface area contributed by atoms with E-state index >= 15 is 0 Å². The third-order valence-corrected chi connectivity index (χ3v) is 6.29. The fraction of sp³-hybridized carbons (Fsp3) is 0.318. The Balaban J connectivity index is 1.56. The van der Waals surface area contributed by atoms with Gasteiger partial charge in [-0.25, -0.2) is 18.1 Å². The highest BCUT2D eigenvalue weighted by Gasteiger charge is 2.30. The maximum absolute atomic E-state index is 12.2. The van der Waals surface area contributed by atoms with Gasteiger partial charge >= 0.3 is 5.97 Å². The molecule has 3 rings (SSSR count). The standard InChI is InChI=1S/C22H25N3O5S/c1-31(28,29)25-14-12-19(13-15-25)22(27)30-16-20(26)23-24-21(17-8-4-2-5-9-17)18-10-6-3-7-11-18/h2-11,19H,12-16H2,1H3,(H,23,26). The van der Waals surface area contributed by atoms with Crippen LogP contribution in [0.2, 0.25) is 0 Å². The Morgan fingerprint density at radius 3 is 2.00 bits per heavy atom. The molecule has 0 unspecified atom stereocenters. The number of piperidine rings is 1. The second-order valence-electron chi connectivity index (χ2n) is 7.27. The average molecular weight is 444 g/mol. The van der Waals surface area contributed by atoms with Gasteiger partial charge in [-0.2, -0.15) is 5.10 Å². The third-order valence-electron chi connectivity index (χ3n) is 4.99. The minimum Gasteiger partial charge on any atom is -0.455 e. The Labute approximate surface area is 182 Å². The van der Waals surface area contributed by atoms with Crippen LogP contribution in [0.5, 0.6) is 0 Å². The van der Waals surface area contributed by atoms with Gasteiger partial charge in [0, 0.05) is 24.2 Å². The minimum absolute atomic E-state index is 0.270. The molecule has 1 saturated heterocycles. The largest absolute Gasteiger partial charge is 0.455 e. The summed E-state index contributed by atoms with van der Waals surface area (Å²) in [5, 5.41) is 4.24. The third kappa shape index (κ3) is 6.47. The molecule has 9 heteroatoms. The molecule has 1 aliphatic rings. The molecular formula is C22H25N3O5S. The van der Waals surface area contributed by atoms with Crippen molar-refractivity contribution < 1.29 is 22.7 Å². The van der Waals surface area contributed by atoms with Crippen molar-refractivity contribution in [3.63, 3.8) is 0 Å². The van der Waals surface area contributed by atoms with Crippen LogP contribution in [-0.4, -0.2) is 56.3 Å². The molecule has 2 aromatic carbocycles. The lowest BCUT2D eigenvalue weighted by atomic mass is 9.98. The molecule has 1 fully saturated rings. The molecule has 0 spiro atoms. The van der Waals surface area contributed by atoms with E-state index in [4.69, 9.17) is 4.74 Å². The summed E-state index contributed by atoms with van der Waals surface area (Å²) in [5.41, 5.74) is 4.71. The van der Waals surface area contributed by atoms with Gasteiger partial charge in [0.15, 0.2) is 6.61 Å². The highest BCUT2D eigenvalue weighted by Crippen LogP contribution is 2.20. The normalized spacial score (nSPS) is 15.1. The summed E-state index contributed by atoms with van der Waals surface area (Å²) in [6.45, 7) is 0.0880. The van der Waals surface area contributed by atoms with Gasteiger partial charge in [-0.05, 0) is 12.8 Å². The maximum atomic E-state index is 12.2. The smallest absolute Gasteiger partial charge is 0.309 e. The molecule has 31 heavy (non-hydrogen) atoms. The van der Waals surface area contributed by atoms with Crippen molar-refractivity contribution in [1.82, 2.24) is 9.73 Å². The number of carbonyl (C=O) groups is 2. The molecule has 1 aliphatic heterocycles. The molecule has 0 bridgehead atoms. The van der Waals surface area contributed by atoms with Crippen LogP contribution in [0, 0.1) is 5.92 Å². The number of sulfonamides is 1. The van der Waals surface area contributed by atoms with E-state index < -0.39 is 34.4 Å². The lowest BCUT2D eigenvalue weighted by Gasteiger charge is -2.28. The van der Waals surface area contributed by atoms with E-state index in [1.165, 1.54) is 4.31 Å². The number of hydrazone groups is 1. The predicted molar refractivity (Wildman–Crippen MR) is 117 cm³/mol. The zero-order valence-electron chi connectivity index (χ0n) is 17.2. The number of hydrogen-bond acceptors (Lipinski definition) is 6. The number of carbonyl (C=O) groups excluding carboxylic acids is 2. The molecule has 0 saturated carbocycles. The summed E-state index contributed by atoms with van der Waals surface area (Å²) in [5.74, 6) is -1.47. The molecule has 2 aromatic rings. The van der Waals surface area contributed by atoms with Crippen LogP contribution in [-0.2, 0) is 24.3 Å². The van der Waals surface area contributed by atoms with Crippen LogP contribution in [0.1, 0.15) is 24.0 Å². The Bertz CT molecular complexity index is 990. The van der Waals surface area contributed by atoms with Crippen LogP contribution in [0.4, 0.5) is 0 Å². The first-order valence-corrected chi connectivity index (χ1v) is 11.8. The van der Waals surface area contributed by atoms with Crippen molar-refractivity contribution in [3.05, 3.63) is 71.8 Å². The van der Waals surface area contributed by atoms with Gasteiger partial charge in [0.1, 0.15) is 0 Å². The van der Waals surface area contributed by atoms with Crippen molar-refractivity contribution in [2.24, 2.45) is 11.0 Å². The number of rotatable bonds is 7. The number of esters is 1. The van der Waals surface area contributed by atoms with Crippen LogP contribution >= 0.6 is 0 Å². The van der Waals surface area contributed by atoms with Gasteiger partial charge in [-0.1, -0.05) is 60.7 Å². The number of nitrogens with one attached hydrogen (secondary N) is 1. The maximum Gasteiger partial charge on any atom is 0.309 e. The van der Waals surface area contributed by atoms with Gasteiger partial charge in [0.2, 0.25) is 10.0 Å².